The SMILES string of the molecule is COC(=O)c1ccc([C@@H]2NC(=O)CC[C@H]2[N+](=O)[O-])cc1. The smallest absolute Gasteiger partial charge is 0.337 e. The fourth-order valence-corrected chi connectivity index (χ4v) is 2.26. The molecule has 1 fully saturated rings. The van der Waals surface area contributed by atoms with E-state index in [0.717, 1.165) is 0 Å². The van der Waals surface area contributed by atoms with Gasteiger partial charge in [-0.15, -0.1) is 0 Å². The summed E-state index contributed by atoms with van der Waals surface area (Å²) in [6, 6.07) is 4.73. The molecule has 1 aliphatic rings. The van der Waals surface area contributed by atoms with E-state index in [1.54, 1.807) is 12.1 Å². The molecule has 1 aromatic carbocycles. The van der Waals surface area contributed by atoms with E-state index in [1.807, 2.05) is 0 Å². The Balaban J connectivity index is 2.25. The van der Waals surface area contributed by atoms with E-state index in [4.69, 9.17) is 0 Å². The van der Waals surface area contributed by atoms with Crippen molar-refractivity contribution in [2.75, 3.05) is 7.11 Å². The van der Waals surface area contributed by atoms with Gasteiger partial charge in [0.25, 0.3) is 0 Å². The van der Waals surface area contributed by atoms with Crippen LogP contribution in [-0.4, -0.2) is 30.0 Å². The molecule has 0 saturated carbocycles. The summed E-state index contributed by atoms with van der Waals surface area (Å²) in [5, 5.41) is 13.7. The average molecular weight is 278 g/mol. The Kier molecular flexibility index (Phi) is 3.97. The lowest BCUT2D eigenvalue weighted by Crippen LogP contribution is -2.45. The minimum absolute atomic E-state index is 0.155. The molecule has 0 unspecified atom stereocenters. The molecule has 0 spiro atoms. The molecule has 0 radical (unpaired) electrons. The predicted octanol–water partition coefficient (Wildman–Crippen LogP) is 1.07. The third-order valence-electron chi connectivity index (χ3n) is 3.33. The molecule has 1 aromatic rings. The lowest BCUT2D eigenvalue weighted by atomic mass is 9.92. The van der Waals surface area contributed by atoms with Crippen LogP contribution in [0.5, 0.6) is 0 Å². The van der Waals surface area contributed by atoms with Crippen molar-refractivity contribution in [3.63, 3.8) is 0 Å². The minimum atomic E-state index is -0.850. The first kappa shape index (κ1) is 14.0. The molecule has 0 aliphatic carbocycles. The fraction of sp³-hybridized carbons (Fsp3) is 0.385. The highest BCUT2D eigenvalue weighted by molar-refractivity contribution is 5.89. The molecule has 1 N–H and O–H groups in total. The van der Waals surface area contributed by atoms with Gasteiger partial charge in [0.05, 0.1) is 12.7 Å². The summed E-state index contributed by atoms with van der Waals surface area (Å²) in [7, 11) is 1.28. The van der Waals surface area contributed by atoms with E-state index in [2.05, 4.69) is 10.1 Å². The van der Waals surface area contributed by atoms with Crippen molar-refractivity contribution in [3.8, 4) is 0 Å². The molecule has 20 heavy (non-hydrogen) atoms. The number of esters is 1. The Morgan fingerprint density at radius 3 is 2.60 bits per heavy atom. The lowest BCUT2D eigenvalue weighted by Gasteiger charge is -2.26. The number of carbonyl (C=O) groups is 2. The highest BCUT2D eigenvalue weighted by atomic mass is 16.6. The van der Waals surface area contributed by atoms with Gasteiger partial charge in [0.15, 0.2) is 0 Å². The number of benzene rings is 1. The molecule has 0 bridgehead atoms. The summed E-state index contributed by atoms with van der Waals surface area (Å²) < 4.78 is 4.58. The van der Waals surface area contributed by atoms with Crippen LogP contribution in [0.4, 0.5) is 0 Å². The second-order valence-corrected chi connectivity index (χ2v) is 4.55. The lowest BCUT2D eigenvalue weighted by molar-refractivity contribution is -0.529. The highest BCUT2D eigenvalue weighted by Gasteiger charge is 2.38. The second kappa shape index (κ2) is 5.68. The summed E-state index contributed by atoms with van der Waals surface area (Å²) in [6.07, 6.45) is 0.366. The Bertz CT molecular complexity index is 540. The molecular formula is C13H14N2O5. The van der Waals surface area contributed by atoms with Crippen LogP contribution in [-0.2, 0) is 9.53 Å². The minimum Gasteiger partial charge on any atom is -0.465 e. The van der Waals surface area contributed by atoms with Crippen molar-refractivity contribution in [1.29, 1.82) is 0 Å². The third-order valence-corrected chi connectivity index (χ3v) is 3.33. The summed E-state index contributed by atoms with van der Waals surface area (Å²) in [5.74, 6) is -0.680. The van der Waals surface area contributed by atoms with Crippen molar-refractivity contribution < 1.29 is 19.2 Å². The summed E-state index contributed by atoms with van der Waals surface area (Å²) in [6.45, 7) is 0. The van der Waals surface area contributed by atoms with Crippen molar-refractivity contribution in [3.05, 3.63) is 45.5 Å². The topological polar surface area (TPSA) is 98.5 Å². The predicted molar refractivity (Wildman–Crippen MR) is 68.7 cm³/mol. The van der Waals surface area contributed by atoms with E-state index in [1.165, 1.54) is 19.2 Å². The van der Waals surface area contributed by atoms with E-state index in [9.17, 15) is 19.7 Å². The van der Waals surface area contributed by atoms with Gasteiger partial charge >= 0.3 is 5.97 Å². The van der Waals surface area contributed by atoms with Gasteiger partial charge in [-0.05, 0) is 17.7 Å². The molecule has 1 amide bonds. The average Bonchev–Trinajstić information content (AvgIpc) is 2.46. The second-order valence-electron chi connectivity index (χ2n) is 4.55. The maximum absolute atomic E-state index is 11.4. The van der Waals surface area contributed by atoms with Gasteiger partial charge in [0.2, 0.25) is 11.9 Å². The van der Waals surface area contributed by atoms with E-state index >= 15 is 0 Å². The number of piperidine rings is 1. The van der Waals surface area contributed by atoms with Gasteiger partial charge in [-0.25, -0.2) is 4.79 Å². The summed E-state index contributed by atoms with van der Waals surface area (Å²) in [4.78, 5) is 33.4. The van der Waals surface area contributed by atoms with Crippen LogP contribution >= 0.6 is 0 Å². The van der Waals surface area contributed by atoms with Crippen LogP contribution in [0.25, 0.3) is 0 Å². The number of hydrogen-bond acceptors (Lipinski definition) is 5. The maximum Gasteiger partial charge on any atom is 0.337 e. The zero-order valence-corrected chi connectivity index (χ0v) is 10.9. The number of rotatable bonds is 3. The zero-order valence-electron chi connectivity index (χ0n) is 10.9. The highest BCUT2D eigenvalue weighted by Crippen LogP contribution is 2.26. The van der Waals surface area contributed by atoms with Crippen LogP contribution in [0.3, 0.4) is 0 Å². The number of nitro groups is 1. The first-order valence-corrected chi connectivity index (χ1v) is 6.14. The maximum atomic E-state index is 11.4. The van der Waals surface area contributed by atoms with Crippen LogP contribution in [0.15, 0.2) is 24.3 Å². The van der Waals surface area contributed by atoms with Crippen LogP contribution in [0.2, 0.25) is 0 Å². The molecule has 7 heteroatoms. The van der Waals surface area contributed by atoms with Gasteiger partial charge in [-0.1, -0.05) is 12.1 Å². The molecule has 1 heterocycles. The summed E-state index contributed by atoms with van der Waals surface area (Å²) in [5.41, 5.74) is 0.962. The van der Waals surface area contributed by atoms with Gasteiger partial charge in [0, 0.05) is 17.8 Å². The molecule has 1 saturated heterocycles. The normalized spacial score (nSPS) is 21.9. The van der Waals surface area contributed by atoms with E-state index in [0.29, 0.717) is 11.1 Å². The van der Waals surface area contributed by atoms with E-state index in [-0.39, 0.29) is 23.7 Å². The standard InChI is InChI=1S/C13H14N2O5/c1-20-13(17)9-4-2-8(3-5-9)12-10(15(18)19)6-7-11(16)14-12/h2-5,10,12H,6-7H2,1H3,(H,14,16)/t10-,12+/m1/s1. The zero-order chi connectivity index (χ0) is 14.7. The number of carbonyl (C=O) groups excluding carboxylic acids is 2. The van der Waals surface area contributed by atoms with E-state index < -0.39 is 18.1 Å². The first-order chi connectivity index (χ1) is 9.52. The van der Waals surface area contributed by atoms with Crippen LogP contribution in [0.1, 0.15) is 34.8 Å². The number of ether oxygens (including phenoxy) is 1. The molecule has 0 aromatic heterocycles. The Labute approximate surface area is 115 Å². The molecule has 106 valence electrons. The van der Waals surface area contributed by atoms with Gasteiger partial charge in [0.1, 0.15) is 6.04 Å². The summed E-state index contributed by atoms with van der Waals surface area (Å²) >= 11 is 0. The van der Waals surface area contributed by atoms with Crippen LogP contribution < -0.4 is 5.32 Å². The molecule has 2 atom stereocenters. The number of amides is 1. The largest absolute Gasteiger partial charge is 0.465 e. The van der Waals surface area contributed by atoms with Crippen molar-refractivity contribution >= 4 is 11.9 Å². The molecular weight excluding hydrogens is 264 g/mol. The Morgan fingerprint density at radius 1 is 1.40 bits per heavy atom. The number of nitrogens with one attached hydrogen (secondary N) is 1. The van der Waals surface area contributed by atoms with Crippen molar-refractivity contribution in [2.45, 2.75) is 24.9 Å². The van der Waals surface area contributed by atoms with Crippen molar-refractivity contribution in [2.24, 2.45) is 0 Å². The Morgan fingerprint density at radius 2 is 2.05 bits per heavy atom. The van der Waals surface area contributed by atoms with Crippen molar-refractivity contribution in [1.82, 2.24) is 5.32 Å². The number of nitrogens with zero attached hydrogens (tertiary/aromatic N) is 1. The monoisotopic (exact) mass is 278 g/mol. The quantitative estimate of drug-likeness (QED) is 0.506. The fourth-order valence-electron chi connectivity index (χ4n) is 2.26. The van der Waals surface area contributed by atoms with Crippen LogP contribution in [0, 0.1) is 10.1 Å². The first-order valence-electron chi connectivity index (χ1n) is 6.14. The van der Waals surface area contributed by atoms with Gasteiger partial charge < -0.3 is 10.1 Å². The third kappa shape index (κ3) is 2.76. The number of hydrogen-bond donors (Lipinski definition) is 1. The molecule has 1 aliphatic heterocycles. The Hall–Kier alpha value is -2.44. The molecule has 7 nitrogen and oxygen atoms in total. The van der Waals surface area contributed by atoms with Gasteiger partial charge in [-0.3, -0.25) is 14.9 Å². The van der Waals surface area contributed by atoms with Gasteiger partial charge in [-0.2, -0.15) is 0 Å². The number of methoxy groups -OCH3 is 1. The molecule has 2 rings (SSSR count).